The van der Waals surface area contributed by atoms with Crippen molar-refractivity contribution in [3.05, 3.63) is 35.9 Å². The quantitative estimate of drug-likeness (QED) is 0.498. The van der Waals surface area contributed by atoms with E-state index in [1.54, 1.807) is 29.2 Å². The maximum absolute atomic E-state index is 12.2. The van der Waals surface area contributed by atoms with Crippen LogP contribution in [0.25, 0.3) is 0 Å². The molecular formula is C24H35N3O7. The first-order valence-electron chi connectivity index (χ1n) is 11.5. The van der Waals surface area contributed by atoms with Crippen molar-refractivity contribution in [1.82, 2.24) is 15.5 Å². The van der Waals surface area contributed by atoms with Crippen LogP contribution in [0, 0.1) is 5.92 Å². The van der Waals surface area contributed by atoms with E-state index < -0.39 is 23.7 Å². The molecule has 188 valence electrons. The van der Waals surface area contributed by atoms with Gasteiger partial charge in [0.1, 0.15) is 18.2 Å². The number of carboxylic acids is 1. The van der Waals surface area contributed by atoms with Crippen LogP contribution in [0.2, 0.25) is 0 Å². The molecule has 1 aromatic rings. The van der Waals surface area contributed by atoms with Gasteiger partial charge in [-0.15, -0.1) is 0 Å². The number of carbonyl (C=O) groups excluding carboxylic acids is 3. The number of aliphatic carboxylic acids is 1. The molecule has 1 saturated heterocycles. The molecule has 1 heterocycles. The zero-order valence-electron chi connectivity index (χ0n) is 20.0. The molecule has 1 atom stereocenters. The van der Waals surface area contributed by atoms with E-state index in [1.165, 1.54) is 0 Å². The van der Waals surface area contributed by atoms with E-state index in [2.05, 4.69) is 10.6 Å². The first-order valence-corrected chi connectivity index (χ1v) is 11.5. The molecule has 10 nitrogen and oxygen atoms in total. The highest BCUT2D eigenvalue weighted by molar-refractivity contribution is 5.82. The molecule has 0 bridgehead atoms. The number of likely N-dealkylation sites (tertiary alicyclic amines) is 1. The van der Waals surface area contributed by atoms with E-state index in [4.69, 9.17) is 9.47 Å². The van der Waals surface area contributed by atoms with Crippen LogP contribution in [-0.2, 0) is 25.7 Å². The van der Waals surface area contributed by atoms with Crippen LogP contribution in [0.1, 0.15) is 52.0 Å². The lowest BCUT2D eigenvalue weighted by Gasteiger charge is -2.33. The van der Waals surface area contributed by atoms with Gasteiger partial charge in [0.05, 0.1) is 0 Å². The fourth-order valence-corrected chi connectivity index (χ4v) is 3.48. The van der Waals surface area contributed by atoms with Gasteiger partial charge >= 0.3 is 18.2 Å². The summed E-state index contributed by atoms with van der Waals surface area (Å²) in [6.07, 6.45) is 1.23. The predicted octanol–water partition coefficient (Wildman–Crippen LogP) is 2.91. The number of hydrogen-bond donors (Lipinski definition) is 3. The Bertz CT molecular complexity index is 831. The lowest BCUT2D eigenvalue weighted by molar-refractivity contribution is -0.139. The van der Waals surface area contributed by atoms with Gasteiger partial charge in [0.25, 0.3) is 0 Å². The van der Waals surface area contributed by atoms with E-state index >= 15 is 0 Å². The number of hydrogen-bond acceptors (Lipinski definition) is 6. The van der Waals surface area contributed by atoms with E-state index in [-0.39, 0.29) is 31.6 Å². The lowest BCUT2D eigenvalue weighted by atomic mass is 9.92. The topological polar surface area (TPSA) is 134 Å². The molecular weight excluding hydrogens is 442 g/mol. The molecule has 0 spiro atoms. The van der Waals surface area contributed by atoms with Crippen molar-refractivity contribution in [2.24, 2.45) is 5.92 Å². The Labute approximate surface area is 200 Å². The molecule has 0 aliphatic carbocycles. The summed E-state index contributed by atoms with van der Waals surface area (Å²) in [5.41, 5.74) is 0.239. The van der Waals surface area contributed by atoms with E-state index in [9.17, 15) is 24.3 Å². The van der Waals surface area contributed by atoms with Crippen LogP contribution >= 0.6 is 0 Å². The Balaban J connectivity index is 1.66. The Hall–Kier alpha value is -3.30. The Morgan fingerprint density at radius 3 is 2.35 bits per heavy atom. The van der Waals surface area contributed by atoms with Crippen LogP contribution in [-0.4, -0.2) is 65.3 Å². The Kier molecular flexibility index (Phi) is 10.2. The summed E-state index contributed by atoms with van der Waals surface area (Å²) in [6, 6.07) is 7.70. The second-order valence-electron chi connectivity index (χ2n) is 9.35. The smallest absolute Gasteiger partial charge is 0.410 e. The van der Waals surface area contributed by atoms with Crippen LogP contribution in [0.3, 0.4) is 0 Å². The maximum Gasteiger partial charge on any atom is 0.410 e. The zero-order chi connectivity index (χ0) is 25.1. The van der Waals surface area contributed by atoms with Crippen LogP contribution in [0.4, 0.5) is 9.59 Å². The summed E-state index contributed by atoms with van der Waals surface area (Å²) in [5.74, 6) is -1.27. The maximum atomic E-state index is 12.2. The summed E-state index contributed by atoms with van der Waals surface area (Å²) in [5, 5.41) is 14.1. The molecule has 34 heavy (non-hydrogen) atoms. The fourth-order valence-electron chi connectivity index (χ4n) is 3.48. The summed E-state index contributed by atoms with van der Waals surface area (Å²) in [7, 11) is 0. The number of piperidine rings is 1. The third-order valence-electron chi connectivity index (χ3n) is 5.35. The molecule has 0 radical (unpaired) electrons. The molecule has 2 rings (SSSR count). The number of carbonyl (C=O) groups is 4. The number of rotatable bonds is 9. The summed E-state index contributed by atoms with van der Waals surface area (Å²) < 4.78 is 10.4. The number of alkyl carbamates (subject to hydrolysis) is 1. The van der Waals surface area contributed by atoms with Crippen molar-refractivity contribution in [2.75, 3.05) is 19.6 Å². The van der Waals surface area contributed by atoms with Gasteiger partial charge in [-0.25, -0.2) is 14.4 Å². The number of nitrogens with zero attached hydrogens (tertiary/aromatic N) is 1. The highest BCUT2D eigenvalue weighted by Crippen LogP contribution is 2.23. The van der Waals surface area contributed by atoms with E-state index in [1.807, 2.05) is 26.8 Å². The SMILES string of the molecule is CC(C)(C)OC(=O)N1CCC(CCC(=O)NC[C@H](NC(=O)OCc2ccccc2)C(=O)O)CC1. The van der Waals surface area contributed by atoms with Gasteiger partial charge in [-0.2, -0.15) is 0 Å². The molecule has 0 unspecified atom stereocenters. The van der Waals surface area contributed by atoms with Crippen molar-refractivity contribution in [2.45, 2.75) is 64.7 Å². The minimum absolute atomic E-state index is 0.0120. The van der Waals surface area contributed by atoms with Gasteiger partial charge in [-0.3, -0.25) is 4.79 Å². The molecule has 0 saturated carbocycles. The summed E-state index contributed by atoms with van der Waals surface area (Å²) in [6.45, 7) is 6.41. The van der Waals surface area contributed by atoms with Gasteiger partial charge in [0, 0.05) is 26.1 Å². The number of amides is 3. The molecule has 1 aliphatic rings. The monoisotopic (exact) mass is 477 g/mol. The van der Waals surface area contributed by atoms with Crippen LogP contribution < -0.4 is 10.6 Å². The van der Waals surface area contributed by atoms with Gasteiger partial charge < -0.3 is 30.1 Å². The van der Waals surface area contributed by atoms with Gasteiger partial charge in [-0.05, 0) is 51.5 Å². The molecule has 0 aromatic heterocycles. The first-order chi connectivity index (χ1) is 16.0. The van der Waals surface area contributed by atoms with Crippen molar-refractivity contribution < 1.29 is 33.8 Å². The molecule has 1 fully saturated rings. The van der Waals surface area contributed by atoms with E-state index in [0.29, 0.717) is 25.4 Å². The second kappa shape index (κ2) is 12.8. The first kappa shape index (κ1) is 26.9. The second-order valence-corrected chi connectivity index (χ2v) is 9.35. The average molecular weight is 478 g/mol. The zero-order valence-corrected chi connectivity index (χ0v) is 20.0. The van der Waals surface area contributed by atoms with Gasteiger partial charge in [0.15, 0.2) is 0 Å². The number of nitrogens with one attached hydrogen (secondary N) is 2. The lowest BCUT2D eigenvalue weighted by Crippen LogP contribution is -2.48. The van der Waals surface area contributed by atoms with Gasteiger partial charge in [0.2, 0.25) is 5.91 Å². The van der Waals surface area contributed by atoms with Crippen molar-refractivity contribution in [1.29, 1.82) is 0 Å². The number of benzene rings is 1. The normalized spacial score (nSPS) is 15.2. The highest BCUT2D eigenvalue weighted by Gasteiger charge is 2.27. The average Bonchev–Trinajstić information content (AvgIpc) is 2.78. The third-order valence-corrected chi connectivity index (χ3v) is 5.35. The standard InChI is InChI=1S/C24H35N3O7/c1-24(2,3)34-23(32)27-13-11-17(12-14-27)9-10-20(28)25-15-19(21(29)30)26-22(31)33-16-18-7-5-4-6-8-18/h4-8,17,19H,9-16H2,1-3H3,(H,25,28)(H,26,31)(H,29,30)/t19-/m0/s1. The Morgan fingerprint density at radius 1 is 1.12 bits per heavy atom. The van der Waals surface area contributed by atoms with Gasteiger partial charge in [-0.1, -0.05) is 30.3 Å². The molecule has 1 aliphatic heterocycles. The molecule has 3 N–H and O–H groups in total. The summed E-state index contributed by atoms with van der Waals surface area (Å²) in [4.78, 5) is 49.4. The Morgan fingerprint density at radius 2 is 1.76 bits per heavy atom. The van der Waals surface area contributed by atoms with Crippen molar-refractivity contribution >= 4 is 24.1 Å². The van der Waals surface area contributed by atoms with Crippen LogP contribution in [0.5, 0.6) is 0 Å². The minimum atomic E-state index is -1.30. The van der Waals surface area contributed by atoms with E-state index in [0.717, 1.165) is 18.4 Å². The number of ether oxygens (including phenoxy) is 2. The minimum Gasteiger partial charge on any atom is -0.480 e. The largest absolute Gasteiger partial charge is 0.480 e. The number of carboxylic acid groups (broad SMARTS) is 1. The highest BCUT2D eigenvalue weighted by atomic mass is 16.6. The fraction of sp³-hybridized carbons (Fsp3) is 0.583. The van der Waals surface area contributed by atoms with Crippen molar-refractivity contribution in [3.63, 3.8) is 0 Å². The third kappa shape index (κ3) is 10.1. The molecule has 1 aromatic carbocycles. The van der Waals surface area contributed by atoms with Crippen LogP contribution in [0.15, 0.2) is 30.3 Å². The molecule has 3 amide bonds. The summed E-state index contributed by atoms with van der Waals surface area (Å²) >= 11 is 0. The predicted molar refractivity (Wildman–Crippen MR) is 124 cm³/mol. The van der Waals surface area contributed by atoms with Crippen molar-refractivity contribution in [3.8, 4) is 0 Å². The molecule has 10 heteroatoms.